The van der Waals surface area contributed by atoms with Crippen LogP contribution in [0.5, 0.6) is 0 Å². The first-order chi connectivity index (χ1) is 11.4. The molecular formula is C17H19ClN4O2. The van der Waals surface area contributed by atoms with Gasteiger partial charge in [-0.25, -0.2) is 4.79 Å². The smallest absolute Gasteiger partial charge is 0.330 e. The number of halogens is 1. The summed E-state index contributed by atoms with van der Waals surface area (Å²) in [4.78, 5) is 13.0. The summed E-state index contributed by atoms with van der Waals surface area (Å²) in [6.07, 6.45) is 0.788. The fourth-order valence-corrected chi connectivity index (χ4v) is 3.82. The molecule has 1 aliphatic rings. The molecular weight excluding hydrogens is 328 g/mol. The van der Waals surface area contributed by atoms with Crippen LogP contribution in [0.1, 0.15) is 26.3 Å². The predicted octanol–water partition coefficient (Wildman–Crippen LogP) is 2.92. The highest BCUT2D eigenvalue weighted by Gasteiger charge is 2.37. The molecule has 3 heterocycles. The number of rotatable bonds is 1. The van der Waals surface area contributed by atoms with E-state index in [9.17, 15) is 4.79 Å². The van der Waals surface area contributed by atoms with Crippen LogP contribution in [0.2, 0.25) is 5.02 Å². The summed E-state index contributed by atoms with van der Waals surface area (Å²) >= 11 is 6.20. The Bertz CT molecular complexity index is 1010. The van der Waals surface area contributed by atoms with Crippen molar-refractivity contribution < 1.29 is 4.74 Å². The highest BCUT2D eigenvalue weighted by atomic mass is 35.5. The quantitative estimate of drug-likeness (QED) is 0.679. The van der Waals surface area contributed by atoms with E-state index in [0.29, 0.717) is 23.9 Å². The van der Waals surface area contributed by atoms with Crippen LogP contribution in [0, 0.1) is 5.41 Å². The van der Waals surface area contributed by atoms with E-state index in [1.54, 1.807) is 17.7 Å². The van der Waals surface area contributed by atoms with Crippen molar-refractivity contribution in [3.63, 3.8) is 0 Å². The van der Waals surface area contributed by atoms with Gasteiger partial charge in [0, 0.05) is 35.5 Å². The third-order valence-corrected chi connectivity index (χ3v) is 5.19. The summed E-state index contributed by atoms with van der Waals surface area (Å²) in [6, 6.07) is 5.51. The largest absolute Gasteiger partial charge is 0.381 e. The predicted molar refractivity (Wildman–Crippen MR) is 93.5 cm³/mol. The zero-order chi connectivity index (χ0) is 17.1. The van der Waals surface area contributed by atoms with Crippen LogP contribution in [0.25, 0.3) is 22.1 Å². The first-order valence-electron chi connectivity index (χ1n) is 8.01. The van der Waals surface area contributed by atoms with Crippen LogP contribution >= 0.6 is 11.6 Å². The number of benzene rings is 1. The second kappa shape index (κ2) is 5.29. The summed E-state index contributed by atoms with van der Waals surface area (Å²) in [5.41, 5.74) is 1.89. The van der Waals surface area contributed by atoms with Crippen LogP contribution in [0.3, 0.4) is 0 Å². The number of aryl methyl sites for hydroxylation is 1. The molecule has 7 heteroatoms. The highest BCUT2D eigenvalue weighted by molar-refractivity contribution is 6.31. The van der Waals surface area contributed by atoms with Crippen LogP contribution in [0.4, 0.5) is 0 Å². The van der Waals surface area contributed by atoms with Gasteiger partial charge >= 0.3 is 5.69 Å². The Kier molecular flexibility index (Phi) is 3.44. The molecule has 6 nitrogen and oxygen atoms in total. The molecule has 0 saturated carbocycles. The van der Waals surface area contributed by atoms with Crippen molar-refractivity contribution >= 4 is 33.7 Å². The average Bonchev–Trinajstić information content (AvgIpc) is 2.79. The maximum Gasteiger partial charge on any atom is 0.330 e. The summed E-state index contributed by atoms with van der Waals surface area (Å²) < 4.78 is 9.06. The molecule has 0 bridgehead atoms. The molecule has 1 atom stereocenters. The molecule has 0 radical (unpaired) electrons. The Balaban J connectivity index is 2.13. The first kappa shape index (κ1) is 15.6. The van der Waals surface area contributed by atoms with Gasteiger partial charge in [-0.15, -0.1) is 10.2 Å². The Morgan fingerprint density at radius 1 is 1.33 bits per heavy atom. The minimum atomic E-state index is -0.148. The molecule has 3 aromatic rings. The standard InChI is InChI=1S/C17H19ClN4O2/c1-17(2)9-24-7-6-13(17)22-14-11-8-10(18)4-5-12(11)19-20-15(14)21(3)16(22)23/h4-5,8,13H,6-7,9H2,1-3H3. The van der Waals surface area contributed by atoms with Crippen molar-refractivity contribution in [3.05, 3.63) is 33.7 Å². The maximum atomic E-state index is 13.0. The van der Waals surface area contributed by atoms with E-state index in [1.165, 1.54) is 0 Å². The molecule has 0 N–H and O–H groups in total. The highest BCUT2D eigenvalue weighted by Crippen LogP contribution is 2.39. The zero-order valence-corrected chi connectivity index (χ0v) is 14.7. The number of ether oxygens (including phenoxy) is 1. The lowest BCUT2D eigenvalue weighted by Crippen LogP contribution is -2.41. The van der Waals surface area contributed by atoms with E-state index >= 15 is 0 Å². The van der Waals surface area contributed by atoms with Gasteiger partial charge in [0.1, 0.15) is 5.52 Å². The van der Waals surface area contributed by atoms with Crippen LogP contribution in [0.15, 0.2) is 23.0 Å². The fourth-order valence-electron chi connectivity index (χ4n) is 3.65. The molecule has 1 saturated heterocycles. The number of aromatic nitrogens is 4. The fraction of sp³-hybridized carbons (Fsp3) is 0.471. The molecule has 0 amide bonds. The molecule has 1 aliphatic heterocycles. The number of imidazole rings is 1. The van der Waals surface area contributed by atoms with Crippen LogP contribution < -0.4 is 5.69 Å². The Morgan fingerprint density at radius 2 is 2.12 bits per heavy atom. The van der Waals surface area contributed by atoms with Crippen molar-refractivity contribution in [3.8, 4) is 0 Å². The van der Waals surface area contributed by atoms with Crippen molar-refractivity contribution in [2.24, 2.45) is 12.5 Å². The number of fused-ring (bicyclic) bond motifs is 3. The van der Waals surface area contributed by atoms with E-state index in [-0.39, 0.29) is 17.1 Å². The minimum absolute atomic E-state index is 0.0360. The molecule has 24 heavy (non-hydrogen) atoms. The number of hydrogen-bond donors (Lipinski definition) is 0. The van der Waals surface area contributed by atoms with E-state index in [4.69, 9.17) is 16.3 Å². The molecule has 1 aromatic carbocycles. The van der Waals surface area contributed by atoms with Gasteiger partial charge in [-0.3, -0.25) is 9.13 Å². The summed E-state index contributed by atoms with van der Waals surface area (Å²) in [7, 11) is 1.73. The van der Waals surface area contributed by atoms with E-state index in [2.05, 4.69) is 24.0 Å². The molecule has 126 valence electrons. The third-order valence-electron chi connectivity index (χ3n) is 4.95. The molecule has 0 aliphatic carbocycles. The lowest BCUT2D eigenvalue weighted by molar-refractivity contribution is -0.0253. The molecule has 0 spiro atoms. The SMILES string of the molecule is Cn1c(=O)n(C2CCOCC2(C)C)c2c3cc(Cl)ccc3nnc21. The lowest BCUT2D eigenvalue weighted by atomic mass is 9.81. The van der Waals surface area contributed by atoms with Gasteiger partial charge in [0.15, 0.2) is 5.65 Å². The van der Waals surface area contributed by atoms with Crippen molar-refractivity contribution in [2.45, 2.75) is 26.3 Å². The molecule has 1 fully saturated rings. The Morgan fingerprint density at radius 3 is 2.88 bits per heavy atom. The van der Waals surface area contributed by atoms with Gasteiger partial charge in [-0.2, -0.15) is 0 Å². The third kappa shape index (κ3) is 2.17. The lowest BCUT2D eigenvalue weighted by Gasteiger charge is -2.38. The molecule has 2 aromatic heterocycles. The van der Waals surface area contributed by atoms with Gasteiger partial charge in [0.05, 0.1) is 12.1 Å². The summed E-state index contributed by atoms with van der Waals surface area (Å²) in [5, 5.41) is 9.99. The summed E-state index contributed by atoms with van der Waals surface area (Å²) in [5.74, 6) is 0. The van der Waals surface area contributed by atoms with Gasteiger partial charge in [-0.05, 0) is 24.6 Å². The molecule has 4 rings (SSSR count). The number of hydrogen-bond acceptors (Lipinski definition) is 4. The Hall–Kier alpha value is -1.92. The van der Waals surface area contributed by atoms with Crippen molar-refractivity contribution in [1.29, 1.82) is 0 Å². The van der Waals surface area contributed by atoms with Gasteiger partial charge < -0.3 is 4.74 Å². The van der Waals surface area contributed by atoms with E-state index in [0.717, 1.165) is 22.8 Å². The van der Waals surface area contributed by atoms with Crippen LogP contribution in [-0.4, -0.2) is 32.5 Å². The summed E-state index contributed by atoms with van der Waals surface area (Å²) in [6.45, 7) is 5.53. The van der Waals surface area contributed by atoms with E-state index in [1.807, 2.05) is 16.7 Å². The monoisotopic (exact) mass is 346 g/mol. The van der Waals surface area contributed by atoms with Crippen LogP contribution in [-0.2, 0) is 11.8 Å². The van der Waals surface area contributed by atoms with Crippen molar-refractivity contribution in [1.82, 2.24) is 19.3 Å². The second-order valence-corrected chi connectivity index (χ2v) is 7.53. The van der Waals surface area contributed by atoms with Crippen molar-refractivity contribution in [2.75, 3.05) is 13.2 Å². The van der Waals surface area contributed by atoms with Gasteiger partial charge in [0.2, 0.25) is 0 Å². The second-order valence-electron chi connectivity index (χ2n) is 7.09. The average molecular weight is 347 g/mol. The number of nitrogens with zero attached hydrogens (tertiary/aromatic N) is 4. The first-order valence-corrected chi connectivity index (χ1v) is 8.38. The van der Waals surface area contributed by atoms with E-state index < -0.39 is 0 Å². The topological polar surface area (TPSA) is 61.9 Å². The zero-order valence-electron chi connectivity index (χ0n) is 13.9. The van der Waals surface area contributed by atoms with Gasteiger partial charge in [-0.1, -0.05) is 25.4 Å². The minimum Gasteiger partial charge on any atom is -0.381 e. The van der Waals surface area contributed by atoms with Gasteiger partial charge in [0.25, 0.3) is 0 Å². The maximum absolute atomic E-state index is 13.0. The molecule has 1 unspecified atom stereocenters. The Labute approximate surface area is 144 Å². The normalized spacial score (nSPS) is 20.8.